The van der Waals surface area contributed by atoms with Gasteiger partial charge in [-0.2, -0.15) is 11.3 Å². The number of amides is 1. The Bertz CT molecular complexity index is 1320. The lowest BCUT2D eigenvalue weighted by atomic mass is 10.1. The molecule has 4 aromatic rings. The number of fused-ring (bicyclic) bond motifs is 1. The molecule has 8 heteroatoms. The van der Waals surface area contributed by atoms with E-state index in [1.807, 2.05) is 77.1 Å². The van der Waals surface area contributed by atoms with Crippen molar-refractivity contribution in [2.45, 2.75) is 19.5 Å². The molecule has 2 heterocycles. The molecule has 0 saturated heterocycles. The van der Waals surface area contributed by atoms with Crippen LogP contribution in [0, 0.1) is 0 Å². The molecule has 0 radical (unpaired) electrons. The van der Waals surface area contributed by atoms with E-state index in [1.165, 1.54) is 0 Å². The van der Waals surface area contributed by atoms with Gasteiger partial charge in [0.1, 0.15) is 28.6 Å². The van der Waals surface area contributed by atoms with Crippen LogP contribution in [0.1, 0.15) is 16.7 Å². The summed E-state index contributed by atoms with van der Waals surface area (Å²) in [6.07, 6.45) is 0.342. The summed E-state index contributed by atoms with van der Waals surface area (Å²) in [4.78, 5) is 22.3. The van der Waals surface area contributed by atoms with Crippen LogP contribution in [0.25, 0.3) is 10.9 Å². The molecule has 0 unspecified atom stereocenters. The van der Waals surface area contributed by atoms with Crippen molar-refractivity contribution in [2.75, 3.05) is 40.3 Å². The quantitative estimate of drug-likeness (QED) is 0.297. The fraction of sp³-hybridized carbons (Fsp3) is 0.286. The smallest absolute Gasteiger partial charge is 0.227 e. The van der Waals surface area contributed by atoms with Gasteiger partial charge in [-0.3, -0.25) is 4.79 Å². The minimum absolute atomic E-state index is 0.0478. The number of methoxy groups -OCH3 is 3. The zero-order valence-corrected chi connectivity index (χ0v) is 22.1. The van der Waals surface area contributed by atoms with E-state index in [2.05, 4.69) is 6.07 Å². The Hall–Kier alpha value is -3.78. The molecule has 0 spiro atoms. The maximum atomic E-state index is 13.5. The second kappa shape index (κ2) is 11.3. The zero-order chi connectivity index (χ0) is 25.7. The Morgan fingerprint density at radius 1 is 0.889 bits per heavy atom. The fourth-order valence-corrected chi connectivity index (χ4v) is 4.82. The first-order valence-electron chi connectivity index (χ1n) is 11.6. The SMILES string of the molecule is COc1ccc(CN(Cc2cc3c(OC)ccc(OC)c3nc2N(C)C)C(=O)Cc2ccsc2)cc1. The lowest BCUT2D eigenvalue weighted by Crippen LogP contribution is -2.32. The molecule has 4 rings (SSSR count). The highest BCUT2D eigenvalue weighted by Crippen LogP contribution is 2.35. The van der Waals surface area contributed by atoms with Crippen LogP contribution in [0.3, 0.4) is 0 Å². The van der Waals surface area contributed by atoms with Crippen LogP contribution in [-0.4, -0.2) is 51.2 Å². The monoisotopic (exact) mass is 505 g/mol. The highest BCUT2D eigenvalue weighted by atomic mass is 32.1. The van der Waals surface area contributed by atoms with Crippen molar-refractivity contribution in [3.63, 3.8) is 0 Å². The van der Waals surface area contributed by atoms with E-state index < -0.39 is 0 Å². The predicted molar refractivity (Wildman–Crippen MR) is 144 cm³/mol. The molecular weight excluding hydrogens is 474 g/mol. The molecule has 0 atom stereocenters. The van der Waals surface area contributed by atoms with Crippen molar-refractivity contribution in [3.05, 3.63) is 76.0 Å². The molecule has 0 saturated carbocycles. The topological polar surface area (TPSA) is 64.1 Å². The minimum Gasteiger partial charge on any atom is -0.497 e. The van der Waals surface area contributed by atoms with E-state index in [1.54, 1.807) is 32.7 Å². The molecule has 2 aromatic heterocycles. The van der Waals surface area contributed by atoms with Gasteiger partial charge in [-0.25, -0.2) is 4.98 Å². The molecule has 0 aliphatic rings. The maximum absolute atomic E-state index is 13.5. The second-order valence-corrected chi connectivity index (χ2v) is 9.42. The highest BCUT2D eigenvalue weighted by molar-refractivity contribution is 7.08. The molecule has 0 bridgehead atoms. The molecule has 0 N–H and O–H groups in total. The van der Waals surface area contributed by atoms with Gasteiger partial charge < -0.3 is 24.0 Å². The number of carbonyl (C=O) groups excluding carboxylic acids is 1. The number of hydrogen-bond acceptors (Lipinski definition) is 7. The number of benzene rings is 2. The van der Waals surface area contributed by atoms with E-state index in [4.69, 9.17) is 19.2 Å². The summed E-state index contributed by atoms with van der Waals surface area (Å²) < 4.78 is 16.5. The van der Waals surface area contributed by atoms with E-state index in [9.17, 15) is 4.79 Å². The molecule has 7 nitrogen and oxygen atoms in total. The molecule has 36 heavy (non-hydrogen) atoms. The number of anilines is 1. The predicted octanol–water partition coefficient (Wildman–Crippen LogP) is 5.16. The standard InChI is InChI=1S/C28H31N3O4S/c1-30(2)28-21(15-23-24(34-4)10-11-25(35-5)27(23)29-28)17-31(26(32)14-20-12-13-36-18-20)16-19-6-8-22(33-3)9-7-19/h6-13,15,18H,14,16-17H2,1-5H3. The third-order valence-corrected chi connectivity index (χ3v) is 6.74. The first-order valence-corrected chi connectivity index (χ1v) is 12.5. The van der Waals surface area contributed by atoms with Crippen LogP contribution in [0.5, 0.6) is 17.2 Å². The normalized spacial score (nSPS) is 10.8. The zero-order valence-electron chi connectivity index (χ0n) is 21.3. The maximum Gasteiger partial charge on any atom is 0.227 e. The third kappa shape index (κ3) is 5.54. The highest BCUT2D eigenvalue weighted by Gasteiger charge is 2.21. The first kappa shape index (κ1) is 25.3. The van der Waals surface area contributed by atoms with Crippen LogP contribution in [0.4, 0.5) is 5.82 Å². The Kier molecular flexibility index (Phi) is 7.95. The van der Waals surface area contributed by atoms with Gasteiger partial charge in [-0.15, -0.1) is 0 Å². The van der Waals surface area contributed by atoms with Crippen LogP contribution in [0.2, 0.25) is 0 Å². The number of hydrogen-bond donors (Lipinski definition) is 0. The summed E-state index contributed by atoms with van der Waals surface area (Å²) in [5.41, 5.74) is 3.68. The number of thiophene rings is 1. The van der Waals surface area contributed by atoms with Crippen LogP contribution in [0.15, 0.2) is 59.3 Å². The van der Waals surface area contributed by atoms with Crippen molar-refractivity contribution in [1.82, 2.24) is 9.88 Å². The van der Waals surface area contributed by atoms with Crippen LogP contribution < -0.4 is 19.1 Å². The molecule has 1 amide bonds. The minimum atomic E-state index is 0.0478. The van der Waals surface area contributed by atoms with Crippen molar-refractivity contribution in [1.29, 1.82) is 0 Å². The summed E-state index contributed by atoms with van der Waals surface area (Å²) in [6.45, 7) is 0.860. The lowest BCUT2D eigenvalue weighted by molar-refractivity contribution is -0.131. The second-order valence-electron chi connectivity index (χ2n) is 8.64. The summed E-state index contributed by atoms with van der Waals surface area (Å²) in [7, 11) is 8.81. The van der Waals surface area contributed by atoms with Gasteiger partial charge in [0, 0.05) is 38.1 Å². The van der Waals surface area contributed by atoms with Gasteiger partial charge in [0.2, 0.25) is 5.91 Å². The van der Waals surface area contributed by atoms with Crippen molar-refractivity contribution in [2.24, 2.45) is 0 Å². The van der Waals surface area contributed by atoms with E-state index >= 15 is 0 Å². The van der Waals surface area contributed by atoms with Gasteiger partial charge in [0.25, 0.3) is 0 Å². The first-order chi connectivity index (χ1) is 17.4. The lowest BCUT2D eigenvalue weighted by Gasteiger charge is -2.26. The van der Waals surface area contributed by atoms with Gasteiger partial charge in [0.15, 0.2) is 0 Å². The summed E-state index contributed by atoms with van der Waals surface area (Å²) in [6, 6.07) is 15.6. The number of nitrogens with zero attached hydrogens (tertiary/aromatic N) is 3. The number of aromatic nitrogens is 1. The largest absolute Gasteiger partial charge is 0.497 e. The summed E-state index contributed by atoms with van der Waals surface area (Å²) >= 11 is 1.59. The van der Waals surface area contributed by atoms with Crippen molar-refractivity contribution in [3.8, 4) is 17.2 Å². The molecule has 188 valence electrons. The van der Waals surface area contributed by atoms with E-state index in [0.717, 1.165) is 39.2 Å². The Morgan fingerprint density at radius 3 is 2.22 bits per heavy atom. The number of pyridine rings is 1. The Morgan fingerprint density at radius 2 is 1.61 bits per heavy atom. The van der Waals surface area contributed by atoms with Crippen LogP contribution in [-0.2, 0) is 24.3 Å². The van der Waals surface area contributed by atoms with Gasteiger partial charge in [-0.05, 0) is 58.3 Å². The molecule has 0 fully saturated rings. The van der Waals surface area contributed by atoms with Gasteiger partial charge in [0.05, 0.1) is 27.8 Å². The number of carbonyl (C=O) groups is 1. The van der Waals surface area contributed by atoms with E-state index in [-0.39, 0.29) is 5.91 Å². The average molecular weight is 506 g/mol. The number of rotatable bonds is 10. The Labute approximate surface area is 215 Å². The van der Waals surface area contributed by atoms with E-state index in [0.29, 0.717) is 31.0 Å². The van der Waals surface area contributed by atoms with Gasteiger partial charge in [-0.1, -0.05) is 12.1 Å². The molecular formula is C28H31N3O4S. The molecule has 2 aromatic carbocycles. The molecule has 0 aliphatic carbocycles. The summed E-state index contributed by atoms with van der Waals surface area (Å²) in [5, 5.41) is 4.85. The fourth-order valence-electron chi connectivity index (χ4n) is 4.16. The Balaban J connectivity index is 1.75. The molecule has 0 aliphatic heterocycles. The van der Waals surface area contributed by atoms with Crippen molar-refractivity contribution < 1.29 is 19.0 Å². The number of ether oxygens (including phenoxy) is 3. The average Bonchev–Trinajstić information content (AvgIpc) is 3.40. The van der Waals surface area contributed by atoms with Crippen LogP contribution >= 0.6 is 11.3 Å². The van der Waals surface area contributed by atoms with Gasteiger partial charge >= 0.3 is 0 Å². The summed E-state index contributed by atoms with van der Waals surface area (Å²) in [5.74, 6) is 2.98. The van der Waals surface area contributed by atoms with Crippen molar-refractivity contribution >= 4 is 34.0 Å². The third-order valence-electron chi connectivity index (χ3n) is 6.01.